The molecule has 4 rings (SSSR count). The number of nitrogens with zero attached hydrogens (tertiary/aromatic N) is 2. The van der Waals surface area contributed by atoms with E-state index < -0.39 is 0 Å². The van der Waals surface area contributed by atoms with Crippen LogP contribution in [0.25, 0.3) is 0 Å². The Kier molecular flexibility index (Phi) is 6.06. The van der Waals surface area contributed by atoms with Crippen molar-refractivity contribution in [3.05, 3.63) is 53.6 Å². The van der Waals surface area contributed by atoms with Gasteiger partial charge in [-0.05, 0) is 29.8 Å². The highest BCUT2D eigenvalue weighted by Crippen LogP contribution is 2.32. The zero-order valence-electron chi connectivity index (χ0n) is 16.5. The third-order valence-corrected chi connectivity index (χ3v) is 6.26. The van der Waals surface area contributed by atoms with Gasteiger partial charge in [0.2, 0.25) is 5.91 Å². The van der Waals surface area contributed by atoms with E-state index in [0.717, 1.165) is 53.9 Å². The van der Waals surface area contributed by atoms with Crippen LogP contribution in [0.3, 0.4) is 0 Å². The van der Waals surface area contributed by atoms with Crippen molar-refractivity contribution in [2.75, 3.05) is 49.3 Å². The van der Waals surface area contributed by atoms with E-state index >= 15 is 0 Å². The van der Waals surface area contributed by atoms with Gasteiger partial charge in [-0.1, -0.05) is 18.2 Å². The van der Waals surface area contributed by atoms with Crippen molar-refractivity contribution in [1.29, 1.82) is 0 Å². The molecule has 2 heterocycles. The highest BCUT2D eigenvalue weighted by molar-refractivity contribution is 7.99. The van der Waals surface area contributed by atoms with Gasteiger partial charge < -0.3 is 19.9 Å². The summed E-state index contributed by atoms with van der Waals surface area (Å²) in [4.78, 5) is 30.0. The lowest BCUT2D eigenvalue weighted by Crippen LogP contribution is -2.37. The second-order valence-corrected chi connectivity index (χ2v) is 8.38. The van der Waals surface area contributed by atoms with Crippen LogP contribution in [0.5, 0.6) is 0 Å². The molecule has 2 aliphatic heterocycles. The van der Waals surface area contributed by atoms with Crippen LogP contribution in [-0.4, -0.2) is 55.8 Å². The molecule has 0 bridgehead atoms. The van der Waals surface area contributed by atoms with Gasteiger partial charge in [0.05, 0.1) is 18.9 Å². The van der Waals surface area contributed by atoms with Gasteiger partial charge in [0.25, 0.3) is 5.91 Å². The van der Waals surface area contributed by atoms with E-state index in [4.69, 9.17) is 4.74 Å². The number of morpholine rings is 1. The van der Waals surface area contributed by atoms with Crippen molar-refractivity contribution in [3.8, 4) is 0 Å². The zero-order valence-corrected chi connectivity index (χ0v) is 17.3. The molecule has 0 aliphatic carbocycles. The number of hydrogen-bond acceptors (Lipinski definition) is 5. The molecule has 0 aromatic heterocycles. The molecule has 7 heteroatoms. The minimum atomic E-state index is -0.0620. The molecule has 29 heavy (non-hydrogen) atoms. The van der Waals surface area contributed by atoms with E-state index in [1.807, 2.05) is 31.3 Å². The number of hydrogen-bond donors (Lipinski definition) is 1. The molecule has 6 nitrogen and oxygen atoms in total. The Morgan fingerprint density at radius 2 is 2.00 bits per heavy atom. The van der Waals surface area contributed by atoms with Crippen molar-refractivity contribution in [2.24, 2.45) is 0 Å². The van der Waals surface area contributed by atoms with E-state index in [1.165, 1.54) is 0 Å². The molecule has 0 unspecified atom stereocenters. The van der Waals surface area contributed by atoms with Crippen LogP contribution in [0.2, 0.25) is 0 Å². The molecule has 1 fully saturated rings. The monoisotopic (exact) mass is 411 g/mol. The Morgan fingerprint density at radius 1 is 1.21 bits per heavy atom. The molecule has 0 radical (unpaired) electrons. The molecule has 2 aliphatic rings. The number of fused-ring (bicyclic) bond motifs is 1. The Hall–Kier alpha value is -2.51. The van der Waals surface area contributed by atoms with Crippen LogP contribution >= 0.6 is 11.8 Å². The van der Waals surface area contributed by atoms with Crippen molar-refractivity contribution in [3.63, 3.8) is 0 Å². The number of rotatable bonds is 4. The van der Waals surface area contributed by atoms with E-state index in [1.54, 1.807) is 22.7 Å². The molecular weight excluding hydrogens is 386 g/mol. The predicted molar refractivity (Wildman–Crippen MR) is 116 cm³/mol. The Bertz CT molecular complexity index is 912. The standard InChI is InChI=1S/C22H25N3O3S/c1-24(15-17-4-2-3-5-19(17)25-9-11-28-12-10-25)22(27)16-6-7-20-18(14-16)23-21(26)8-13-29-20/h2-7,14H,8-13,15H2,1H3,(H,23,26). The minimum absolute atomic E-state index is 0.00589. The first-order valence-electron chi connectivity index (χ1n) is 9.84. The molecular formula is C22H25N3O3S. The van der Waals surface area contributed by atoms with E-state index in [0.29, 0.717) is 18.5 Å². The molecule has 2 aromatic carbocycles. The number of carbonyl (C=O) groups is 2. The van der Waals surface area contributed by atoms with Crippen molar-refractivity contribution < 1.29 is 14.3 Å². The number of carbonyl (C=O) groups excluding carboxylic acids is 2. The second-order valence-electron chi connectivity index (χ2n) is 7.25. The number of benzene rings is 2. The fourth-order valence-corrected chi connectivity index (χ4v) is 4.60. The minimum Gasteiger partial charge on any atom is -0.378 e. The van der Waals surface area contributed by atoms with Gasteiger partial charge in [0, 0.05) is 55.0 Å². The largest absolute Gasteiger partial charge is 0.378 e. The number of anilines is 2. The molecule has 1 saturated heterocycles. The maximum atomic E-state index is 13.1. The first kappa shape index (κ1) is 19.8. The van der Waals surface area contributed by atoms with Crippen LogP contribution < -0.4 is 10.2 Å². The van der Waals surface area contributed by atoms with Crippen LogP contribution in [0, 0.1) is 0 Å². The molecule has 2 amide bonds. The number of para-hydroxylation sites is 1. The van der Waals surface area contributed by atoms with Crippen molar-refractivity contribution in [1.82, 2.24) is 4.90 Å². The zero-order chi connectivity index (χ0) is 20.2. The van der Waals surface area contributed by atoms with Gasteiger partial charge >= 0.3 is 0 Å². The topological polar surface area (TPSA) is 61.9 Å². The van der Waals surface area contributed by atoms with Crippen LogP contribution in [0.4, 0.5) is 11.4 Å². The Balaban J connectivity index is 1.51. The third-order valence-electron chi connectivity index (χ3n) is 5.18. The SMILES string of the molecule is CN(Cc1ccccc1N1CCOCC1)C(=O)c1ccc2c(c1)NC(=O)CCS2. The summed E-state index contributed by atoms with van der Waals surface area (Å²) < 4.78 is 5.46. The quantitative estimate of drug-likeness (QED) is 0.837. The van der Waals surface area contributed by atoms with Gasteiger partial charge in [-0.3, -0.25) is 9.59 Å². The Labute approximate surface area is 175 Å². The van der Waals surface area contributed by atoms with Crippen LogP contribution in [0.1, 0.15) is 22.3 Å². The second kappa shape index (κ2) is 8.88. The van der Waals surface area contributed by atoms with Gasteiger partial charge in [-0.2, -0.15) is 0 Å². The third kappa shape index (κ3) is 4.57. The average Bonchev–Trinajstić information content (AvgIpc) is 2.94. The van der Waals surface area contributed by atoms with E-state index in [2.05, 4.69) is 22.3 Å². The van der Waals surface area contributed by atoms with Gasteiger partial charge in [0.15, 0.2) is 0 Å². The summed E-state index contributed by atoms with van der Waals surface area (Å²) in [6.07, 6.45) is 0.487. The molecule has 0 saturated carbocycles. The predicted octanol–water partition coefficient (Wildman–Crippen LogP) is 3.23. The van der Waals surface area contributed by atoms with Crippen LogP contribution in [-0.2, 0) is 16.1 Å². The van der Waals surface area contributed by atoms with E-state index in [-0.39, 0.29) is 11.8 Å². The fraction of sp³-hybridized carbons (Fsp3) is 0.364. The average molecular weight is 412 g/mol. The smallest absolute Gasteiger partial charge is 0.253 e. The van der Waals surface area contributed by atoms with E-state index in [9.17, 15) is 9.59 Å². The molecule has 2 aromatic rings. The number of ether oxygens (including phenoxy) is 1. The normalized spacial score (nSPS) is 16.6. The molecule has 1 N–H and O–H groups in total. The Morgan fingerprint density at radius 3 is 2.83 bits per heavy atom. The molecule has 152 valence electrons. The summed E-state index contributed by atoms with van der Waals surface area (Å²) in [6.45, 7) is 3.68. The van der Waals surface area contributed by atoms with Gasteiger partial charge in [-0.15, -0.1) is 11.8 Å². The first-order chi connectivity index (χ1) is 14.1. The summed E-state index contributed by atoms with van der Waals surface area (Å²) in [5, 5.41) is 2.91. The summed E-state index contributed by atoms with van der Waals surface area (Å²) in [5.74, 6) is 0.686. The van der Waals surface area contributed by atoms with Gasteiger partial charge in [0.1, 0.15) is 0 Å². The number of amides is 2. The highest BCUT2D eigenvalue weighted by Gasteiger charge is 2.20. The molecule has 0 spiro atoms. The summed E-state index contributed by atoms with van der Waals surface area (Å²) >= 11 is 1.64. The first-order valence-corrected chi connectivity index (χ1v) is 10.8. The van der Waals surface area contributed by atoms with Gasteiger partial charge in [-0.25, -0.2) is 0 Å². The number of thioether (sulfide) groups is 1. The molecule has 0 atom stereocenters. The van der Waals surface area contributed by atoms with Crippen molar-refractivity contribution >= 4 is 35.0 Å². The lowest BCUT2D eigenvalue weighted by atomic mass is 10.1. The van der Waals surface area contributed by atoms with Crippen LogP contribution in [0.15, 0.2) is 47.4 Å². The lowest BCUT2D eigenvalue weighted by Gasteiger charge is -2.31. The number of nitrogens with one attached hydrogen (secondary N) is 1. The highest BCUT2D eigenvalue weighted by atomic mass is 32.2. The maximum absolute atomic E-state index is 13.1. The van der Waals surface area contributed by atoms with Crippen molar-refractivity contribution in [2.45, 2.75) is 17.9 Å². The maximum Gasteiger partial charge on any atom is 0.253 e. The fourth-order valence-electron chi connectivity index (χ4n) is 3.66. The lowest BCUT2D eigenvalue weighted by molar-refractivity contribution is -0.115. The summed E-state index contributed by atoms with van der Waals surface area (Å²) in [5.41, 5.74) is 3.58. The summed E-state index contributed by atoms with van der Waals surface area (Å²) in [7, 11) is 1.82. The summed E-state index contributed by atoms with van der Waals surface area (Å²) in [6, 6.07) is 13.8.